The molecule has 0 saturated carbocycles. The minimum atomic E-state index is -3.51. The van der Waals surface area contributed by atoms with Gasteiger partial charge in [-0.05, 0) is 30.7 Å². The Morgan fingerprint density at radius 2 is 2.03 bits per heavy atom. The van der Waals surface area contributed by atoms with Crippen LogP contribution >= 0.6 is 11.3 Å². The number of amides is 1. The van der Waals surface area contributed by atoms with E-state index in [4.69, 9.17) is 0 Å². The average Bonchev–Trinajstić information content (AvgIpc) is 3.46. The van der Waals surface area contributed by atoms with Crippen LogP contribution in [0.1, 0.15) is 23.7 Å². The maximum Gasteiger partial charge on any atom is 0.260 e. The van der Waals surface area contributed by atoms with Gasteiger partial charge in [-0.25, -0.2) is 27.2 Å². The van der Waals surface area contributed by atoms with Gasteiger partial charge in [0.05, 0.1) is 21.7 Å². The number of aryl methyl sites for hydroxylation is 1. The van der Waals surface area contributed by atoms with Gasteiger partial charge in [0.25, 0.3) is 5.91 Å². The molecule has 0 radical (unpaired) electrons. The minimum Gasteiger partial charge on any atom is -0.337 e. The summed E-state index contributed by atoms with van der Waals surface area (Å²) in [6.07, 6.45) is 5.62. The third-order valence-electron chi connectivity index (χ3n) is 5.06. The van der Waals surface area contributed by atoms with Crippen LogP contribution in [0.25, 0.3) is 10.2 Å². The van der Waals surface area contributed by atoms with Crippen molar-refractivity contribution in [3.8, 4) is 0 Å². The zero-order valence-electron chi connectivity index (χ0n) is 17.6. The highest BCUT2D eigenvalue weighted by Gasteiger charge is 2.24. The van der Waals surface area contributed by atoms with Crippen LogP contribution in [-0.4, -0.2) is 41.2 Å². The molecule has 0 spiro atoms. The summed E-state index contributed by atoms with van der Waals surface area (Å²) in [6, 6.07) is 7.71. The Hall–Kier alpha value is -3.18. The van der Waals surface area contributed by atoms with Gasteiger partial charge in [0.15, 0.2) is 20.8 Å². The molecule has 7 nitrogen and oxygen atoms in total. The quantitative estimate of drug-likeness (QED) is 0.368. The molecule has 0 N–H and O–H groups in total. The Morgan fingerprint density at radius 3 is 2.76 bits per heavy atom. The number of benzene rings is 2. The highest BCUT2D eigenvalue weighted by Crippen LogP contribution is 2.32. The Bertz CT molecular complexity index is 1400. The van der Waals surface area contributed by atoms with Crippen molar-refractivity contribution >= 4 is 42.4 Å². The molecule has 1 amide bonds. The summed E-state index contributed by atoms with van der Waals surface area (Å²) in [5.74, 6) is -2.11. The maximum absolute atomic E-state index is 14.2. The van der Waals surface area contributed by atoms with Crippen molar-refractivity contribution in [2.45, 2.75) is 24.8 Å². The van der Waals surface area contributed by atoms with Crippen LogP contribution in [0.15, 0.2) is 60.0 Å². The molecule has 0 aliphatic heterocycles. The molecule has 2 aromatic heterocycles. The van der Waals surface area contributed by atoms with E-state index in [2.05, 4.69) is 9.97 Å². The van der Waals surface area contributed by atoms with Gasteiger partial charge in [-0.3, -0.25) is 9.69 Å². The molecule has 0 atom stereocenters. The van der Waals surface area contributed by atoms with Crippen LogP contribution in [0.4, 0.5) is 13.9 Å². The number of hydrogen-bond acceptors (Lipinski definition) is 6. The second-order valence-corrected chi connectivity index (χ2v) is 10.6. The van der Waals surface area contributed by atoms with Gasteiger partial charge < -0.3 is 4.57 Å². The lowest BCUT2D eigenvalue weighted by Gasteiger charge is -2.20. The van der Waals surface area contributed by atoms with Gasteiger partial charge in [-0.2, -0.15) is 0 Å². The molecule has 33 heavy (non-hydrogen) atoms. The molecule has 4 aromatic rings. The molecule has 4 rings (SSSR count). The summed E-state index contributed by atoms with van der Waals surface area (Å²) in [5, 5.41) is 0.203. The first-order valence-electron chi connectivity index (χ1n) is 10.1. The summed E-state index contributed by atoms with van der Waals surface area (Å²) < 4.78 is 54.6. The van der Waals surface area contributed by atoms with Crippen LogP contribution in [0.3, 0.4) is 0 Å². The number of thiazole rings is 1. The number of rotatable bonds is 8. The number of carbonyl (C=O) groups excluding carboxylic acids is 1. The molecule has 11 heteroatoms. The molecule has 0 saturated heterocycles. The number of anilines is 1. The van der Waals surface area contributed by atoms with Gasteiger partial charge in [-0.1, -0.05) is 24.3 Å². The first-order chi connectivity index (χ1) is 15.8. The third-order valence-corrected chi connectivity index (χ3v) is 7.81. The molecule has 0 unspecified atom stereocenters. The fraction of sp³-hybridized carbons (Fsp3) is 0.227. The topological polar surface area (TPSA) is 85.2 Å². The molecular weight excluding hydrogens is 470 g/mol. The van der Waals surface area contributed by atoms with Gasteiger partial charge in [0, 0.05) is 37.1 Å². The summed E-state index contributed by atoms with van der Waals surface area (Å²) in [6.45, 7) is 2.33. The van der Waals surface area contributed by atoms with Crippen molar-refractivity contribution in [1.29, 1.82) is 0 Å². The van der Waals surface area contributed by atoms with Crippen molar-refractivity contribution in [3.63, 3.8) is 0 Å². The maximum atomic E-state index is 14.2. The summed E-state index contributed by atoms with van der Waals surface area (Å²) >= 11 is 0.995. The van der Waals surface area contributed by atoms with Crippen LogP contribution < -0.4 is 4.90 Å². The lowest BCUT2D eigenvalue weighted by molar-refractivity contribution is 0.0986. The van der Waals surface area contributed by atoms with Crippen molar-refractivity contribution in [2.75, 3.05) is 17.2 Å². The fourth-order valence-electron chi connectivity index (χ4n) is 3.32. The number of fused-ring (bicyclic) bond motifs is 1. The van der Waals surface area contributed by atoms with E-state index in [0.717, 1.165) is 17.4 Å². The number of nitrogens with zero attached hydrogens (tertiary/aromatic N) is 4. The van der Waals surface area contributed by atoms with Gasteiger partial charge >= 0.3 is 0 Å². The normalized spacial score (nSPS) is 11.7. The zero-order valence-corrected chi connectivity index (χ0v) is 19.2. The van der Waals surface area contributed by atoms with E-state index < -0.39 is 27.4 Å². The van der Waals surface area contributed by atoms with Crippen LogP contribution in [-0.2, 0) is 16.4 Å². The van der Waals surface area contributed by atoms with Crippen molar-refractivity contribution in [3.05, 3.63) is 72.3 Å². The predicted molar refractivity (Wildman–Crippen MR) is 122 cm³/mol. The van der Waals surface area contributed by atoms with Crippen LogP contribution in [0.5, 0.6) is 0 Å². The fourth-order valence-corrected chi connectivity index (χ4v) is 5.28. The summed E-state index contributed by atoms with van der Waals surface area (Å²) in [5.41, 5.74) is 0.143. The Balaban J connectivity index is 1.70. The predicted octanol–water partition coefficient (Wildman–Crippen LogP) is 4.30. The van der Waals surface area contributed by atoms with Gasteiger partial charge in [0.1, 0.15) is 11.3 Å². The second-order valence-electron chi connectivity index (χ2n) is 7.27. The SMILES string of the molecule is CCS(=O)(=O)c1cccc(C(=O)N(CCCn2ccnc2)c2nc3c(F)cc(F)cc3s2)c1. The standard InChI is InChI=1S/C22H20F2N4O3S2/c1-2-33(30,31)17-6-3-5-15(11-17)21(29)28(9-4-8-27-10-7-25-14-27)22-26-20-18(24)12-16(23)13-19(20)32-22/h3,5-7,10-14H,2,4,8-9H2,1H3. The first kappa shape index (κ1) is 23.0. The molecule has 0 bridgehead atoms. The monoisotopic (exact) mass is 490 g/mol. The second kappa shape index (κ2) is 9.36. The van der Waals surface area contributed by atoms with E-state index in [1.54, 1.807) is 18.7 Å². The molecule has 172 valence electrons. The number of imidazole rings is 1. The minimum absolute atomic E-state index is 0.0221. The largest absolute Gasteiger partial charge is 0.337 e. The third kappa shape index (κ3) is 4.93. The molecule has 0 aliphatic rings. The summed E-state index contributed by atoms with van der Waals surface area (Å²) in [4.78, 5) is 23.1. The Labute approximate surface area is 193 Å². The number of carbonyl (C=O) groups is 1. The van der Waals surface area contributed by atoms with Crippen LogP contribution in [0.2, 0.25) is 0 Å². The zero-order chi connectivity index (χ0) is 23.6. The van der Waals surface area contributed by atoms with Crippen molar-refractivity contribution in [2.24, 2.45) is 0 Å². The number of sulfone groups is 1. The van der Waals surface area contributed by atoms with Gasteiger partial charge in [-0.15, -0.1) is 0 Å². The van der Waals surface area contributed by atoms with E-state index >= 15 is 0 Å². The Morgan fingerprint density at radius 1 is 1.21 bits per heavy atom. The smallest absolute Gasteiger partial charge is 0.260 e. The highest BCUT2D eigenvalue weighted by atomic mass is 32.2. The molecule has 0 aliphatic carbocycles. The molecule has 2 aromatic carbocycles. The average molecular weight is 491 g/mol. The Kier molecular flexibility index (Phi) is 6.52. The van der Waals surface area contributed by atoms with E-state index in [1.165, 1.54) is 42.2 Å². The highest BCUT2D eigenvalue weighted by molar-refractivity contribution is 7.91. The van der Waals surface area contributed by atoms with Crippen molar-refractivity contribution in [1.82, 2.24) is 14.5 Å². The molecular formula is C22H20F2N4O3S2. The van der Waals surface area contributed by atoms with Crippen LogP contribution in [0, 0.1) is 11.6 Å². The number of halogens is 2. The first-order valence-corrected chi connectivity index (χ1v) is 12.6. The van der Waals surface area contributed by atoms with E-state index in [-0.39, 0.29) is 38.1 Å². The molecule has 0 fully saturated rings. The van der Waals surface area contributed by atoms with E-state index in [0.29, 0.717) is 13.0 Å². The lowest BCUT2D eigenvalue weighted by atomic mass is 10.2. The van der Waals surface area contributed by atoms with Crippen molar-refractivity contribution < 1.29 is 22.0 Å². The van der Waals surface area contributed by atoms with Gasteiger partial charge in [0.2, 0.25) is 0 Å². The van der Waals surface area contributed by atoms with E-state index in [1.807, 2.05) is 4.57 Å². The lowest BCUT2D eigenvalue weighted by Crippen LogP contribution is -2.32. The summed E-state index contributed by atoms with van der Waals surface area (Å²) in [7, 11) is -3.51. The molecule has 2 heterocycles. The van der Waals surface area contributed by atoms with E-state index in [9.17, 15) is 22.0 Å². The number of hydrogen-bond donors (Lipinski definition) is 0. The number of aromatic nitrogens is 3.